The molecule has 6 heteroatoms. The number of rotatable bonds is 5. The molecule has 1 aromatic heterocycles. The van der Waals surface area contributed by atoms with Crippen molar-refractivity contribution >= 4 is 11.9 Å². The molecule has 2 heterocycles. The van der Waals surface area contributed by atoms with E-state index in [4.69, 9.17) is 14.3 Å². The molecule has 0 bridgehead atoms. The lowest BCUT2D eigenvalue weighted by Crippen LogP contribution is -2.43. The second-order valence-electron chi connectivity index (χ2n) is 5.60. The molecule has 116 valence electrons. The van der Waals surface area contributed by atoms with Crippen LogP contribution in [0.2, 0.25) is 0 Å². The van der Waals surface area contributed by atoms with E-state index in [1.807, 2.05) is 32.9 Å². The van der Waals surface area contributed by atoms with Crippen molar-refractivity contribution in [2.24, 2.45) is 0 Å². The third kappa shape index (κ3) is 3.64. The van der Waals surface area contributed by atoms with E-state index in [1.54, 1.807) is 4.90 Å². The van der Waals surface area contributed by atoms with Crippen LogP contribution in [0.25, 0.3) is 0 Å². The summed E-state index contributed by atoms with van der Waals surface area (Å²) in [5.41, 5.74) is 0. The van der Waals surface area contributed by atoms with Gasteiger partial charge in [0.1, 0.15) is 17.6 Å². The van der Waals surface area contributed by atoms with Crippen LogP contribution in [0.1, 0.15) is 38.2 Å². The van der Waals surface area contributed by atoms with Crippen LogP contribution >= 0.6 is 0 Å². The third-order valence-electron chi connectivity index (χ3n) is 3.60. The number of amides is 1. The molecule has 1 N–H and O–H groups in total. The molecule has 2 rings (SSSR count). The molecule has 2 unspecified atom stereocenters. The fourth-order valence-electron chi connectivity index (χ4n) is 2.44. The number of aryl methyl sites for hydroxylation is 1. The van der Waals surface area contributed by atoms with Gasteiger partial charge in [-0.25, -0.2) is 4.79 Å². The van der Waals surface area contributed by atoms with Crippen LogP contribution in [0.4, 0.5) is 0 Å². The molecule has 1 saturated heterocycles. The average molecular weight is 295 g/mol. The summed E-state index contributed by atoms with van der Waals surface area (Å²) in [6.07, 6.45) is -0.739. The number of ether oxygens (including phenoxy) is 1. The van der Waals surface area contributed by atoms with E-state index in [-0.39, 0.29) is 11.9 Å². The van der Waals surface area contributed by atoms with Crippen LogP contribution in [0.15, 0.2) is 16.5 Å². The van der Waals surface area contributed by atoms with Crippen molar-refractivity contribution in [3.8, 4) is 0 Å². The van der Waals surface area contributed by atoms with E-state index in [0.29, 0.717) is 25.1 Å². The highest BCUT2D eigenvalue weighted by Crippen LogP contribution is 2.23. The number of hydrogen-bond acceptors (Lipinski definition) is 4. The summed E-state index contributed by atoms with van der Waals surface area (Å²) in [7, 11) is 0. The number of nitrogens with zero attached hydrogens (tertiary/aromatic N) is 1. The van der Waals surface area contributed by atoms with Gasteiger partial charge in [-0.15, -0.1) is 0 Å². The first-order valence-corrected chi connectivity index (χ1v) is 7.12. The van der Waals surface area contributed by atoms with Gasteiger partial charge in [-0.1, -0.05) is 0 Å². The minimum atomic E-state index is -1.01. The maximum atomic E-state index is 12.5. The van der Waals surface area contributed by atoms with Gasteiger partial charge in [0.05, 0.1) is 6.54 Å². The fraction of sp³-hybridized carbons (Fsp3) is 0.600. The van der Waals surface area contributed by atoms with Crippen molar-refractivity contribution in [1.82, 2.24) is 4.90 Å². The van der Waals surface area contributed by atoms with Crippen molar-refractivity contribution < 1.29 is 23.8 Å². The fourth-order valence-corrected chi connectivity index (χ4v) is 2.44. The van der Waals surface area contributed by atoms with Crippen molar-refractivity contribution in [3.05, 3.63) is 23.7 Å². The average Bonchev–Trinajstić information content (AvgIpc) is 3.03. The summed E-state index contributed by atoms with van der Waals surface area (Å²) in [6, 6.07) is 3.67. The summed E-state index contributed by atoms with van der Waals surface area (Å²) in [4.78, 5) is 25.1. The van der Waals surface area contributed by atoms with Gasteiger partial charge in [0.2, 0.25) is 0 Å². The standard InChI is InChI=1S/C15H21NO5/c1-9(2)16(8-11-5-4-10(3)20-11)14(17)12-6-7-13(21-12)15(18)19/h4-5,9,12-13H,6-8H2,1-3H3,(H,18,19). The van der Waals surface area contributed by atoms with Gasteiger partial charge in [0.15, 0.2) is 6.10 Å². The van der Waals surface area contributed by atoms with Gasteiger partial charge in [-0.2, -0.15) is 0 Å². The Labute approximate surface area is 123 Å². The molecule has 0 saturated carbocycles. The van der Waals surface area contributed by atoms with Crippen molar-refractivity contribution in [2.75, 3.05) is 0 Å². The molecule has 0 aliphatic carbocycles. The Bertz CT molecular complexity index is 522. The monoisotopic (exact) mass is 295 g/mol. The number of carboxylic acid groups (broad SMARTS) is 1. The number of carbonyl (C=O) groups is 2. The minimum Gasteiger partial charge on any atom is -0.479 e. The number of hydrogen-bond donors (Lipinski definition) is 1. The quantitative estimate of drug-likeness (QED) is 0.898. The topological polar surface area (TPSA) is 80.0 Å². The Kier molecular flexibility index (Phi) is 4.67. The molecular weight excluding hydrogens is 274 g/mol. The molecule has 21 heavy (non-hydrogen) atoms. The van der Waals surface area contributed by atoms with E-state index in [2.05, 4.69) is 0 Å². The highest BCUT2D eigenvalue weighted by molar-refractivity contribution is 5.83. The van der Waals surface area contributed by atoms with E-state index in [9.17, 15) is 9.59 Å². The Morgan fingerprint density at radius 2 is 2.00 bits per heavy atom. The number of carboxylic acids is 1. The third-order valence-corrected chi connectivity index (χ3v) is 3.60. The molecule has 1 aliphatic heterocycles. The lowest BCUT2D eigenvalue weighted by molar-refractivity contribution is -0.155. The van der Waals surface area contributed by atoms with Crippen LogP contribution in [-0.4, -0.2) is 40.1 Å². The molecule has 1 aromatic rings. The molecule has 2 atom stereocenters. The Morgan fingerprint density at radius 3 is 2.48 bits per heavy atom. The molecule has 0 spiro atoms. The summed E-state index contributed by atoms with van der Waals surface area (Å²) in [6.45, 7) is 6.04. The zero-order valence-electron chi connectivity index (χ0n) is 12.5. The molecule has 1 fully saturated rings. The highest BCUT2D eigenvalue weighted by atomic mass is 16.5. The SMILES string of the molecule is Cc1ccc(CN(C(=O)C2CCC(C(=O)O)O2)C(C)C)o1. The second-order valence-corrected chi connectivity index (χ2v) is 5.60. The lowest BCUT2D eigenvalue weighted by Gasteiger charge is -2.28. The molecule has 1 aliphatic rings. The lowest BCUT2D eigenvalue weighted by atomic mass is 10.1. The van der Waals surface area contributed by atoms with Crippen molar-refractivity contribution in [1.29, 1.82) is 0 Å². The first-order chi connectivity index (χ1) is 9.88. The van der Waals surface area contributed by atoms with Gasteiger partial charge in [0, 0.05) is 6.04 Å². The summed E-state index contributed by atoms with van der Waals surface area (Å²) in [5, 5.41) is 8.93. The number of furan rings is 1. The number of aliphatic carboxylic acids is 1. The molecular formula is C15H21NO5. The minimum absolute atomic E-state index is 0.0182. The maximum absolute atomic E-state index is 12.5. The Morgan fingerprint density at radius 1 is 1.33 bits per heavy atom. The predicted octanol–water partition coefficient (Wildman–Crippen LogP) is 1.96. The summed E-state index contributed by atoms with van der Waals surface area (Å²) >= 11 is 0. The van der Waals surface area contributed by atoms with Crippen LogP contribution in [-0.2, 0) is 20.9 Å². The van der Waals surface area contributed by atoms with Gasteiger partial charge < -0.3 is 19.2 Å². The maximum Gasteiger partial charge on any atom is 0.332 e. The van der Waals surface area contributed by atoms with E-state index >= 15 is 0 Å². The van der Waals surface area contributed by atoms with E-state index in [1.165, 1.54) is 0 Å². The first kappa shape index (κ1) is 15.6. The summed E-state index contributed by atoms with van der Waals surface area (Å²) < 4.78 is 10.8. The molecule has 0 radical (unpaired) electrons. The van der Waals surface area contributed by atoms with Gasteiger partial charge in [0.25, 0.3) is 5.91 Å². The van der Waals surface area contributed by atoms with Crippen LogP contribution < -0.4 is 0 Å². The smallest absolute Gasteiger partial charge is 0.332 e. The zero-order chi connectivity index (χ0) is 15.6. The van der Waals surface area contributed by atoms with Gasteiger partial charge in [-0.3, -0.25) is 4.79 Å². The van der Waals surface area contributed by atoms with Crippen LogP contribution in [0, 0.1) is 6.92 Å². The molecule has 6 nitrogen and oxygen atoms in total. The largest absolute Gasteiger partial charge is 0.479 e. The second kappa shape index (κ2) is 6.30. The van der Waals surface area contributed by atoms with E-state index in [0.717, 1.165) is 5.76 Å². The predicted molar refractivity (Wildman–Crippen MR) is 74.7 cm³/mol. The first-order valence-electron chi connectivity index (χ1n) is 7.12. The zero-order valence-corrected chi connectivity index (χ0v) is 12.5. The van der Waals surface area contributed by atoms with E-state index < -0.39 is 18.2 Å². The van der Waals surface area contributed by atoms with Gasteiger partial charge in [-0.05, 0) is 45.7 Å². The summed E-state index contributed by atoms with van der Waals surface area (Å²) in [5.74, 6) is 0.317. The van der Waals surface area contributed by atoms with Crippen LogP contribution in [0.5, 0.6) is 0 Å². The van der Waals surface area contributed by atoms with Crippen molar-refractivity contribution in [2.45, 2.75) is 58.4 Å². The van der Waals surface area contributed by atoms with Crippen LogP contribution in [0.3, 0.4) is 0 Å². The Balaban J connectivity index is 2.04. The molecule has 0 aromatic carbocycles. The molecule has 1 amide bonds. The Hall–Kier alpha value is -1.82. The normalized spacial score (nSPS) is 21.7. The number of carbonyl (C=O) groups excluding carboxylic acids is 1. The van der Waals surface area contributed by atoms with Gasteiger partial charge >= 0.3 is 5.97 Å². The van der Waals surface area contributed by atoms with Crippen molar-refractivity contribution in [3.63, 3.8) is 0 Å². The highest BCUT2D eigenvalue weighted by Gasteiger charge is 2.37.